The molecule has 0 heterocycles. The Morgan fingerprint density at radius 3 is 2.31 bits per heavy atom. The molecule has 0 saturated carbocycles. The van der Waals surface area contributed by atoms with Crippen LogP contribution in [-0.2, 0) is 30.2 Å². The summed E-state index contributed by atoms with van der Waals surface area (Å²) in [5.41, 5.74) is 0.606. The van der Waals surface area contributed by atoms with Crippen LogP contribution in [-0.4, -0.2) is 57.8 Å². The quantitative estimate of drug-likeness (QED) is 0.201. The number of alkyl halides is 2. The molecule has 0 bridgehead atoms. The topological polar surface area (TPSA) is 123 Å². The first-order chi connectivity index (χ1) is 12.1. The Hall–Kier alpha value is -1.35. The summed E-state index contributed by atoms with van der Waals surface area (Å²) in [6, 6.07) is 8.49. The number of ether oxygens (including phenoxy) is 3. The van der Waals surface area contributed by atoms with Crippen LogP contribution in [0.2, 0.25) is 0 Å². The molecule has 12 heteroatoms. The molecular weight excluding hydrogens is 412 g/mol. The average molecular weight is 430 g/mol. The van der Waals surface area contributed by atoms with Crippen molar-refractivity contribution in [3.05, 3.63) is 35.9 Å². The third kappa shape index (κ3) is 6.75. The molecule has 146 valence electrons. The molecule has 2 N–H and O–H groups in total. The summed E-state index contributed by atoms with van der Waals surface area (Å²) in [4.78, 5) is 42.8. The van der Waals surface area contributed by atoms with Crippen molar-refractivity contribution in [3.63, 3.8) is 0 Å². The van der Waals surface area contributed by atoms with Crippen LogP contribution in [0, 0.1) is 0 Å². The molecule has 1 amide bonds. The monoisotopic (exact) mass is 429 g/mol. The number of carbonyl (C=O) groups excluding carboxylic acids is 2. The van der Waals surface area contributed by atoms with E-state index in [1.165, 1.54) is 7.11 Å². The van der Waals surface area contributed by atoms with Gasteiger partial charge in [0.2, 0.25) is 0 Å². The van der Waals surface area contributed by atoms with E-state index < -0.39 is 30.4 Å². The molecule has 0 spiro atoms. The van der Waals surface area contributed by atoms with E-state index in [0.29, 0.717) is 5.56 Å². The van der Waals surface area contributed by atoms with Crippen molar-refractivity contribution < 1.29 is 38.2 Å². The van der Waals surface area contributed by atoms with Gasteiger partial charge in [-0.3, -0.25) is 14.3 Å². The molecule has 0 saturated heterocycles. The highest BCUT2D eigenvalue weighted by molar-refractivity contribution is 7.58. The van der Waals surface area contributed by atoms with Crippen LogP contribution in [0.4, 0.5) is 4.79 Å². The number of hydrogen-bond donors (Lipinski definition) is 2. The van der Waals surface area contributed by atoms with Gasteiger partial charge in [0.1, 0.15) is 19.8 Å². The van der Waals surface area contributed by atoms with Crippen LogP contribution < -0.4 is 0 Å². The molecule has 0 aliphatic heterocycles. The second kappa shape index (κ2) is 10.1. The maximum atomic E-state index is 12.2. The highest BCUT2D eigenvalue weighted by Crippen LogP contribution is 2.58. The van der Waals surface area contributed by atoms with Crippen molar-refractivity contribution in [2.75, 3.05) is 26.9 Å². The van der Waals surface area contributed by atoms with Crippen molar-refractivity contribution in [2.45, 2.75) is 10.8 Å². The van der Waals surface area contributed by atoms with Crippen LogP contribution in [0.3, 0.4) is 0 Å². The molecule has 0 fully saturated rings. The molecule has 9 nitrogen and oxygen atoms in total. The number of rotatable bonds is 9. The first kappa shape index (κ1) is 22.7. The van der Waals surface area contributed by atoms with Gasteiger partial charge in [0.25, 0.3) is 4.20 Å². The van der Waals surface area contributed by atoms with Gasteiger partial charge in [-0.15, -0.1) is 0 Å². The van der Waals surface area contributed by atoms with Crippen LogP contribution in [0.1, 0.15) is 5.56 Å². The summed E-state index contributed by atoms with van der Waals surface area (Å²) < 4.78 is 22.9. The number of carbonyl (C=O) groups is 2. The predicted octanol–water partition coefficient (Wildman–Crippen LogP) is 2.08. The summed E-state index contributed by atoms with van der Waals surface area (Å²) in [6.07, 6.45) is -1.30. The molecule has 1 rings (SSSR count). The maximum Gasteiger partial charge on any atom is 0.413 e. The summed E-state index contributed by atoms with van der Waals surface area (Å²) in [7, 11) is -3.85. The summed E-state index contributed by atoms with van der Waals surface area (Å²) in [6.45, 7) is -1.19. The van der Waals surface area contributed by atoms with E-state index in [2.05, 4.69) is 0 Å². The second-order valence-electron chi connectivity index (χ2n) is 4.89. The number of amides is 1. The minimum atomic E-state index is -5.24. The Kier molecular flexibility index (Phi) is 8.82. The van der Waals surface area contributed by atoms with E-state index >= 15 is 0 Å². The van der Waals surface area contributed by atoms with Gasteiger partial charge in [-0.1, -0.05) is 53.5 Å². The molecule has 26 heavy (non-hydrogen) atoms. The number of halogens is 2. The zero-order valence-electron chi connectivity index (χ0n) is 13.7. The lowest BCUT2D eigenvalue weighted by Crippen LogP contribution is -2.47. The Morgan fingerprint density at radius 2 is 1.77 bits per heavy atom. The highest BCUT2D eigenvalue weighted by atomic mass is 35.5. The zero-order chi connectivity index (χ0) is 19.8. The van der Waals surface area contributed by atoms with Crippen molar-refractivity contribution in [3.8, 4) is 0 Å². The third-order valence-electron chi connectivity index (χ3n) is 2.94. The average Bonchev–Trinajstić information content (AvgIpc) is 2.57. The summed E-state index contributed by atoms with van der Waals surface area (Å²) in [5, 5.41) is 0. The van der Waals surface area contributed by atoms with E-state index in [1.807, 2.05) is 0 Å². The standard InChI is InChI=1S/C14H18Cl2NO8P/c1-23-7-8-24-12(18)9-17(14(15,16)26(20,21)22)13(19)25-10-11-5-3-2-4-6-11/h2-6H,7-10H2,1H3,(H2,20,21,22). The molecule has 0 aromatic heterocycles. The van der Waals surface area contributed by atoms with E-state index in [-0.39, 0.29) is 24.7 Å². The molecule has 0 radical (unpaired) electrons. The van der Waals surface area contributed by atoms with Crippen LogP contribution in [0.5, 0.6) is 0 Å². The Morgan fingerprint density at radius 1 is 1.15 bits per heavy atom. The number of esters is 1. The fourth-order valence-corrected chi connectivity index (χ4v) is 2.36. The fraction of sp³-hybridized carbons (Fsp3) is 0.429. The van der Waals surface area contributed by atoms with Gasteiger partial charge in [0, 0.05) is 7.11 Å². The van der Waals surface area contributed by atoms with Gasteiger partial charge in [-0.25, -0.2) is 4.79 Å². The van der Waals surface area contributed by atoms with Crippen LogP contribution in [0.15, 0.2) is 30.3 Å². The van der Waals surface area contributed by atoms with Gasteiger partial charge in [0.15, 0.2) is 0 Å². The van der Waals surface area contributed by atoms with Crippen molar-refractivity contribution in [1.29, 1.82) is 0 Å². The van der Waals surface area contributed by atoms with Crippen molar-refractivity contribution in [1.82, 2.24) is 4.90 Å². The molecule has 0 unspecified atom stereocenters. The lowest BCUT2D eigenvalue weighted by Gasteiger charge is -2.32. The minimum absolute atomic E-state index is 0.0928. The summed E-state index contributed by atoms with van der Waals surface area (Å²) >= 11 is 11.3. The minimum Gasteiger partial charge on any atom is -0.462 e. The number of hydrogen-bond acceptors (Lipinski definition) is 6. The van der Waals surface area contributed by atoms with Gasteiger partial charge in [-0.05, 0) is 5.56 Å². The number of benzene rings is 1. The molecule has 1 aromatic carbocycles. The lowest BCUT2D eigenvalue weighted by molar-refractivity contribution is -0.146. The smallest absolute Gasteiger partial charge is 0.413 e. The van der Waals surface area contributed by atoms with E-state index in [9.17, 15) is 23.9 Å². The fourth-order valence-electron chi connectivity index (χ4n) is 1.64. The maximum absolute atomic E-state index is 12.2. The summed E-state index contributed by atoms with van der Waals surface area (Å²) in [5.74, 6) is -1.00. The van der Waals surface area contributed by atoms with Gasteiger partial charge < -0.3 is 24.0 Å². The van der Waals surface area contributed by atoms with Gasteiger partial charge in [0.05, 0.1) is 6.61 Å². The van der Waals surface area contributed by atoms with Crippen LogP contribution in [0.25, 0.3) is 0 Å². The third-order valence-corrected chi connectivity index (χ3v) is 5.61. The van der Waals surface area contributed by atoms with E-state index in [4.69, 9.17) is 37.4 Å². The van der Waals surface area contributed by atoms with E-state index in [1.54, 1.807) is 30.3 Å². The normalized spacial score (nSPS) is 11.7. The zero-order valence-corrected chi connectivity index (χ0v) is 16.1. The Balaban J connectivity index is 2.87. The lowest BCUT2D eigenvalue weighted by atomic mass is 10.2. The first-order valence-electron chi connectivity index (χ1n) is 7.16. The van der Waals surface area contributed by atoms with Crippen LogP contribution >= 0.6 is 30.8 Å². The Bertz CT molecular complexity index is 652. The Labute approximate surface area is 159 Å². The number of methoxy groups -OCH3 is 1. The molecule has 1 aromatic rings. The van der Waals surface area contributed by atoms with Gasteiger partial charge in [-0.2, -0.15) is 0 Å². The largest absolute Gasteiger partial charge is 0.462 e. The molecule has 0 aliphatic carbocycles. The number of nitrogens with zero attached hydrogens (tertiary/aromatic N) is 1. The van der Waals surface area contributed by atoms with Crippen molar-refractivity contribution in [2.24, 2.45) is 0 Å². The van der Waals surface area contributed by atoms with Gasteiger partial charge >= 0.3 is 19.7 Å². The highest BCUT2D eigenvalue weighted by Gasteiger charge is 2.53. The predicted molar refractivity (Wildman–Crippen MR) is 92.6 cm³/mol. The second-order valence-corrected chi connectivity index (χ2v) is 8.44. The SMILES string of the molecule is COCCOC(=O)CN(C(=O)OCc1ccccc1)C(Cl)(Cl)P(=O)(O)O. The first-order valence-corrected chi connectivity index (χ1v) is 9.52. The molecule has 0 atom stereocenters. The molecular formula is C14H18Cl2NO8P. The van der Waals surface area contributed by atoms with Crippen molar-refractivity contribution >= 4 is 42.9 Å². The van der Waals surface area contributed by atoms with E-state index in [0.717, 1.165) is 0 Å². The molecule has 0 aliphatic rings.